The van der Waals surface area contributed by atoms with E-state index in [2.05, 4.69) is 36.1 Å². The number of rotatable bonds is 5. The third-order valence-corrected chi connectivity index (χ3v) is 5.43. The number of likely N-dealkylation sites (N-methyl/N-ethyl adjacent to an activating group) is 3. The van der Waals surface area contributed by atoms with Gasteiger partial charge in [-0.2, -0.15) is 0 Å². The van der Waals surface area contributed by atoms with Gasteiger partial charge >= 0.3 is 0 Å². The summed E-state index contributed by atoms with van der Waals surface area (Å²) in [5.41, 5.74) is -0.0352. The zero-order chi connectivity index (χ0) is 14.6. The molecule has 0 aromatic carbocycles. The highest BCUT2D eigenvalue weighted by Gasteiger charge is 2.38. The number of hydrogen-bond donors (Lipinski definition) is 2. The highest BCUT2D eigenvalue weighted by atomic mass is 16.3. The van der Waals surface area contributed by atoms with Crippen molar-refractivity contribution in [2.24, 2.45) is 0 Å². The summed E-state index contributed by atoms with van der Waals surface area (Å²) in [6, 6.07) is 1.31. The fourth-order valence-electron chi connectivity index (χ4n) is 4.18. The molecular weight excluding hydrogens is 250 g/mol. The molecule has 118 valence electrons. The normalized spacial score (nSPS) is 36.5. The first-order valence-electron chi connectivity index (χ1n) is 8.36. The number of aliphatic hydroxyl groups excluding tert-OH is 1. The monoisotopic (exact) mass is 283 g/mol. The van der Waals surface area contributed by atoms with Crippen molar-refractivity contribution in [3.63, 3.8) is 0 Å². The van der Waals surface area contributed by atoms with E-state index in [1.807, 2.05) is 0 Å². The van der Waals surface area contributed by atoms with Crippen LogP contribution in [0.2, 0.25) is 0 Å². The fourth-order valence-corrected chi connectivity index (χ4v) is 4.18. The second-order valence-electron chi connectivity index (χ2n) is 6.94. The van der Waals surface area contributed by atoms with Gasteiger partial charge in [0, 0.05) is 24.2 Å². The Labute approximate surface area is 124 Å². The molecular formula is C16H33N3O. The summed E-state index contributed by atoms with van der Waals surface area (Å²) >= 11 is 0. The molecule has 20 heavy (non-hydrogen) atoms. The van der Waals surface area contributed by atoms with E-state index in [1.165, 1.54) is 38.8 Å². The molecule has 1 aliphatic heterocycles. The topological polar surface area (TPSA) is 38.7 Å². The molecule has 0 aromatic rings. The van der Waals surface area contributed by atoms with Crippen LogP contribution in [0.5, 0.6) is 0 Å². The van der Waals surface area contributed by atoms with Crippen molar-refractivity contribution < 1.29 is 5.11 Å². The lowest BCUT2D eigenvalue weighted by molar-refractivity contribution is 0.0343. The van der Waals surface area contributed by atoms with Gasteiger partial charge in [-0.1, -0.05) is 6.92 Å². The van der Waals surface area contributed by atoms with E-state index in [-0.39, 0.29) is 12.1 Å². The first-order valence-corrected chi connectivity index (χ1v) is 8.36. The van der Waals surface area contributed by atoms with E-state index >= 15 is 0 Å². The molecule has 2 aliphatic rings. The molecule has 2 fully saturated rings. The first-order chi connectivity index (χ1) is 9.60. The molecule has 2 rings (SSSR count). The smallest absolute Gasteiger partial charge is 0.0613 e. The van der Waals surface area contributed by atoms with E-state index in [4.69, 9.17) is 0 Å². The summed E-state index contributed by atoms with van der Waals surface area (Å²) in [5, 5.41) is 13.4. The maximum Gasteiger partial charge on any atom is 0.0613 e. The van der Waals surface area contributed by atoms with Crippen LogP contribution in [0.3, 0.4) is 0 Å². The number of nitrogens with zero attached hydrogens (tertiary/aromatic N) is 2. The number of piperidine rings is 1. The molecule has 0 bridgehead atoms. The fraction of sp³-hybridized carbons (Fsp3) is 1.00. The third kappa shape index (κ3) is 3.73. The molecule has 0 radical (unpaired) electrons. The van der Waals surface area contributed by atoms with Crippen LogP contribution in [0, 0.1) is 0 Å². The van der Waals surface area contributed by atoms with E-state index in [0.717, 1.165) is 19.4 Å². The van der Waals surface area contributed by atoms with Gasteiger partial charge < -0.3 is 15.3 Å². The van der Waals surface area contributed by atoms with Crippen molar-refractivity contribution in [3.05, 3.63) is 0 Å². The molecule has 3 unspecified atom stereocenters. The predicted molar refractivity (Wildman–Crippen MR) is 84.0 cm³/mol. The SMILES string of the molecule is CCNC1(CO)CCCC(N(C)C2CCCN(C)C2)C1. The Morgan fingerprint density at radius 3 is 2.70 bits per heavy atom. The summed E-state index contributed by atoms with van der Waals surface area (Å²) < 4.78 is 0. The Morgan fingerprint density at radius 2 is 2.05 bits per heavy atom. The molecule has 1 aliphatic carbocycles. The van der Waals surface area contributed by atoms with Gasteiger partial charge in [0.25, 0.3) is 0 Å². The van der Waals surface area contributed by atoms with Crippen LogP contribution >= 0.6 is 0 Å². The third-order valence-electron chi connectivity index (χ3n) is 5.43. The summed E-state index contributed by atoms with van der Waals surface area (Å²) in [7, 11) is 4.53. The number of nitrogens with one attached hydrogen (secondary N) is 1. The lowest BCUT2D eigenvalue weighted by Crippen LogP contribution is -2.57. The summed E-state index contributed by atoms with van der Waals surface area (Å²) in [4.78, 5) is 5.06. The molecule has 0 aromatic heterocycles. The molecule has 0 amide bonds. The van der Waals surface area contributed by atoms with Gasteiger partial charge in [-0.05, 0) is 65.7 Å². The molecule has 1 heterocycles. The van der Waals surface area contributed by atoms with Gasteiger partial charge in [-0.3, -0.25) is 4.90 Å². The lowest BCUT2D eigenvalue weighted by atomic mass is 9.78. The molecule has 1 saturated heterocycles. The highest BCUT2D eigenvalue weighted by Crippen LogP contribution is 2.32. The Morgan fingerprint density at radius 1 is 1.30 bits per heavy atom. The van der Waals surface area contributed by atoms with Crippen LogP contribution in [0.25, 0.3) is 0 Å². The van der Waals surface area contributed by atoms with Crippen molar-refractivity contribution >= 4 is 0 Å². The van der Waals surface area contributed by atoms with Crippen LogP contribution in [-0.2, 0) is 0 Å². The van der Waals surface area contributed by atoms with E-state index in [0.29, 0.717) is 12.1 Å². The number of likely N-dealkylation sites (tertiary alicyclic amines) is 1. The molecule has 4 nitrogen and oxygen atoms in total. The standard InChI is InChI=1S/C16H33N3O/c1-4-17-16(13-20)9-5-7-14(11-16)19(3)15-8-6-10-18(2)12-15/h14-15,17,20H,4-13H2,1-3H3. The van der Waals surface area contributed by atoms with Gasteiger partial charge in [0.1, 0.15) is 0 Å². The Hall–Kier alpha value is -0.160. The van der Waals surface area contributed by atoms with Gasteiger partial charge in [-0.25, -0.2) is 0 Å². The van der Waals surface area contributed by atoms with Crippen molar-refractivity contribution in [3.8, 4) is 0 Å². The minimum absolute atomic E-state index is 0.0352. The highest BCUT2D eigenvalue weighted by molar-refractivity contribution is 4.97. The van der Waals surface area contributed by atoms with Crippen LogP contribution in [0.15, 0.2) is 0 Å². The van der Waals surface area contributed by atoms with Crippen LogP contribution in [0.4, 0.5) is 0 Å². The van der Waals surface area contributed by atoms with E-state index in [1.54, 1.807) is 0 Å². The Bertz CT molecular complexity index is 295. The molecule has 0 spiro atoms. The zero-order valence-corrected chi connectivity index (χ0v) is 13.6. The van der Waals surface area contributed by atoms with Crippen LogP contribution in [0.1, 0.15) is 45.4 Å². The summed E-state index contributed by atoms with van der Waals surface area (Å²) in [6.07, 6.45) is 7.36. The van der Waals surface area contributed by atoms with E-state index < -0.39 is 0 Å². The molecule has 3 atom stereocenters. The summed E-state index contributed by atoms with van der Waals surface area (Å²) in [6.45, 7) is 5.80. The van der Waals surface area contributed by atoms with E-state index in [9.17, 15) is 5.11 Å². The quantitative estimate of drug-likeness (QED) is 0.798. The molecule has 1 saturated carbocycles. The average Bonchev–Trinajstić information content (AvgIpc) is 2.47. The Balaban J connectivity index is 1.96. The molecule has 4 heteroatoms. The minimum Gasteiger partial charge on any atom is -0.394 e. The van der Waals surface area contributed by atoms with Gasteiger partial charge in [0.2, 0.25) is 0 Å². The average molecular weight is 283 g/mol. The van der Waals surface area contributed by atoms with Crippen molar-refractivity contribution in [2.45, 2.75) is 63.1 Å². The van der Waals surface area contributed by atoms with Gasteiger partial charge in [0.15, 0.2) is 0 Å². The minimum atomic E-state index is -0.0352. The Kier molecular flexibility index (Phi) is 5.84. The first kappa shape index (κ1) is 16.2. The maximum atomic E-state index is 9.84. The van der Waals surface area contributed by atoms with Crippen molar-refractivity contribution in [1.29, 1.82) is 0 Å². The lowest BCUT2D eigenvalue weighted by Gasteiger charge is -2.47. The second kappa shape index (κ2) is 7.21. The van der Waals surface area contributed by atoms with Crippen LogP contribution < -0.4 is 5.32 Å². The predicted octanol–water partition coefficient (Wildman–Crippen LogP) is 1.30. The van der Waals surface area contributed by atoms with Gasteiger partial charge in [0.05, 0.1) is 6.61 Å². The molecule has 2 N–H and O–H groups in total. The largest absolute Gasteiger partial charge is 0.394 e. The second-order valence-corrected chi connectivity index (χ2v) is 6.94. The van der Waals surface area contributed by atoms with Crippen molar-refractivity contribution in [1.82, 2.24) is 15.1 Å². The number of aliphatic hydroxyl groups is 1. The summed E-state index contributed by atoms with van der Waals surface area (Å²) in [5.74, 6) is 0. The zero-order valence-electron chi connectivity index (χ0n) is 13.6. The number of hydrogen-bond acceptors (Lipinski definition) is 4. The maximum absolute atomic E-state index is 9.84. The van der Waals surface area contributed by atoms with Gasteiger partial charge in [-0.15, -0.1) is 0 Å². The van der Waals surface area contributed by atoms with Crippen LogP contribution in [-0.4, -0.2) is 72.9 Å². The van der Waals surface area contributed by atoms with Crippen molar-refractivity contribution in [2.75, 3.05) is 40.3 Å².